The number of thiol groups is 1. The Morgan fingerprint density at radius 3 is 2.15 bits per heavy atom. The molecule has 0 aliphatic rings. The van der Waals surface area contributed by atoms with E-state index in [9.17, 15) is 0 Å². The summed E-state index contributed by atoms with van der Waals surface area (Å²) in [5, 5.41) is 0. The van der Waals surface area contributed by atoms with Crippen LogP contribution in [0.5, 0.6) is 11.5 Å². The zero-order valence-corrected chi connectivity index (χ0v) is 9.48. The molecule has 0 heterocycles. The van der Waals surface area contributed by atoms with Crippen molar-refractivity contribution >= 4 is 29.7 Å². The summed E-state index contributed by atoms with van der Waals surface area (Å²) < 4.78 is 9.94. The summed E-state index contributed by atoms with van der Waals surface area (Å²) >= 11 is 8.35. The molecule has 1 rings (SSSR count). The molecule has 0 saturated heterocycles. The molecule has 0 amide bonds. The lowest BCUT2D eigenvalue weighted by Gasteiger charge is -2.10. The van der Waals surface area contributed by atoms with E-state index in [0.717, 1.165) is 5.75 Å². The molecule has 0 aromatic heterocycles. The van der Waals surface area contributed by atoms with Gasteiger partial charge in [-0.1, -0.05) is 12.2 Å². The fourth-order valence-corrected chi connectivity index (χ4v) is 1.71. The fraction of sp³-hybridized carbons (Fsp3) is 0.143. The number of hydrogen-bond acceptors (Lipinski definition) is 3. The maximum atomic E-state index is 9.13. The van der Waals surface area contributed by atoms with E-state index in [1.807, 2.05) is 0 Å². The lowest BCUT2D eigenvalue weighted by molar-refractivity contribution is 0.414. The first-order valence-electron chi connectivity index (χ1n) is 3.40. The molecule has 0 saturated carbocycles. The molecule has 0 bridgehead atoms. The summed E-state index contributed by atoms with van der Waals surface area (Å²) in [6.45, 7) is 0. The van der Waals surface area contributed by atoms with Crippen LogP contribution in [0.1, 0.15) is 0 Å². The van der Waals surface area contributed by atoms with Gasteiger partial charge in [-0.2, -0.15) is 0 Å². The first-order chi connectivity index (χ1) is 6.01. The standard InChI is InChI=1S/C7H9O3PS2/c1-9-6-2-4-7(5-3-6)10-11(8,12)13/h2-5H,1H3,(H2,8,12,13). The third-order valence-electron chi connectivity index (χ3n) is 1.28. The Morgan fingerprint density at radius 2 is 1.77 bits per heavy atom. The molecule has 0 fully saturated rings. The molecule has 72 valence electrons. The summed E-state index contributed by atoms with van der Waals surface area (Å²) in [6, 6.07) is 6.75. The third kappa shape index (κ3) is 4.00. The van der Waals surface area contributed by atoms with Crippen LogP contribution in [0.2, 0.25) is 0 Å². The van der Waals surface area contributed by atoms with Gasteiger partial charge in [0.25, 0.3) is 5.69 Å². The van der Waals surface area contributed by atoms with Gasteiger partial charge in [0.15, 0.2) is 0 Å². The van der Waals surface area contributed by atoms with Gasteiger partial charge in [-0.05, 0) is 36.1 Å². The Hall–Kier alpha value is -0.220. The van der Waals surface area contributed by atoms with Gasteiger partial charge in [-0.25, -0.2) is 0 Å². The second kappa shape index (κ2) is 4.33. The van der Waals surface area contributed by atoms with E-state index in [2.05, 4.69) is 24.1 Å². The predicted octanol–water partition coefficient (Wildman–Crippen LogP) is 2.22. The van der Waals surface area contributed by atoms with Gasteiger partial charge >= 0.3 is 0 Å². The Balaban J connectivity index is 2.76. The summed E-state index contributed by atoms with van der Waals surface area (Å²) in [7, 11) is 1.57. The van der Waals surface area contributed by atoms with Crippen LogP contribution in [-0.2, 0) is 11.8 Å². The Kier molecular flexibility index (Phi) is 3.62. The maximum absolute atomic E-state index is 9.13. The molecular formula is C7H9O3PS2. The van der Waals surface area contributed by atoms with Crippen molar-refractivity contribution in [2.24, 2.45) is 0 Å². The molecule has 6 heteroatoms. The van der Waals surface area contributed by atoms with E-state index >= 15 is 0 Å². The highest BCUT2D eigenvalue weighted by Gasteiger charge is 2.07. The smallest absolute Gasteiger partial charge is 0.291 e. The van der Waals surface area contributed by atoms with Gasteiger partial charge in [0, 0.05) is 0 Å². The van der Waals surface area contributed by atoms with Gasteiger partial charge in [0.1, 0.15) is 11.5 Å². The number of methoxy groups -OCH3 is 1. The van der Waals surface area contributed by atoms with Crippen LogP contribution >= 0.6 is 17.9 Å². The lowest BCUT2D eigenvalue weighted by Crippen LogP contribution is -1.86. The number of ether oxygens (including phenoxy) is 1. The normalized spacial score (nSPS) is 14.7. The molecule has 0 spiro atoms. The topological polar surface area (TPSA) is 38.7 Å². The molecule has 1 atom stereocenters. The minimum atomic E-state index is -2.92. The van der Waals surface area contributed by atoms with Crippen molar-refractivity contribution in [3.8, 4) is 11.5 Å². The SMILES string of the molecule is COc1ccc(OP(O)(=S)S)cc1. The van der Waals surface area contributed by atoms with E-state index < -0.39 is 5.69 Å². The first kappa shape index (κ1) is 10.9. The largest absolute Gasteiger partial charge is 0.497 e. The minimum absolute atomic E-state index is 0.488. The summed E-state index contributed by atoms with van der Waals surface area (Å²) in [4.78, 5) is 9.13. The van der Waals surface area contributed by atoms with Crippen molar-refractivity contribution in [3.05, 3.63) is 24.3 Å². The van der Waals surface area contributed by atoms with Crippen molar-refractivity contribution in [2.45, 2.75) is 0 Å². The molecule has 0 aliphatic carbocycles. The van der Waals surface area contributed by atoms with E-state index in [0.29, 0.717) is 5.75 Å². The number of hydrogen-bond donors (Lipinski definition) is 2. The van der Waals surface area contributed by atoms with Crippen molar-refractivity contribution in [1.82, 2.24) is 0 Å². The molecule has 13 heavy (non-hydrogen) atoms. The van der Waals surface area contributed by atoms with Crippen LogP contribution in [0.4, 0.5) is 0 Å². The van der Waals surface area contributed by atoms with Crippen molar-refractivity contribution < 1.29 is 14.2 Å². The average molecular weight is 236 g/mol. The quantitative estimate of drug-likeness (QED) is 0.623. The van der Waals surface area contributed by atoms with Gasteiger partial charge in [0.05, 0.1) is 7.11 Å². The van der Waals surface area contributed by atoms with Crippen LogP contribution in [-0.4, -0.2) is 12.0 Å². The Morgan fingerprint density at radius 1 is 1.31 bits per heavy atom. The van der Waals surface area contributed by atoms with Crippen molar-refractivity contribution in [3.63, 3.8) is 0 Å². The van der Waals surface area contributed by atoms with Crippen LogP contribution in [0.3, 0.4) is 0 Å². The second-order valence-electron chi connectivity index (χ2n) is 2.26. The molecular weight excluding hydrogens is 227 g/mol. The van der Waals surface area contributed by atoms with Gasteiger partial charge in [-0.3, -0.25) is 0 Å². The molecule has 1 N–H and O–H groups in total. The number of rotatable bonds is 3. The monoisotopic (exact) mass is 236 g/mol. The Bertz CT molecular complexity index is 319. The fourth-order valence-electron chi connectivity index (χ4n) is 0.774. The van der Waals surface area contributed by atoms with Gasteiger partial charge < -0.3 is 14.2 Å². The molecule has 1 aromatic carbocycles. The predicted molar refractivity (Wildman–Crippen MR) is 59.1 cm³/mol. The van der Waals surface area contributed by atoms with Crippen molar-refractivity contribution in [1.29, 1.82) is 0 Å². The van der Waals surface area contributed by atoms with Crippen LogP contribution in [0, 0.1) is 0 Å². The van der Waals surface area contributed by atoms with E-state index in [1.54, 1.807) is 31.4 Å². The van der Waals surface area contributed by atoms with E-state index in [1.165, 1.54) is 0 Å². The highest BCUT2D eigenvalue weighted by atomic mass is 32.9. The summed E-state index contributed by atoms with van der Waals surface area (Å²) in [5.74, 6) is 1.21. The minimum Gasteiger partial charge on any atom is -0.497 e. The second-order valence-corrected chi connectivity index (χ2v) is 7.34. The van der Waals surface area contributed by atoms with Crippen LogP contribution < -0.4 is 9.26 Å². The van der Waals surface area contributed by atoms with Crippen LogP contribution in [0.15, 0.2) is 24.3 Å². The Labute approximate surface area is 87.0 Å². The zero-order valence-electron chi connectivity index (χ0n) is 6.88. The highest BCUT2D eigenvalue weighted by molar-refractivity contribution is 8.59. The molecule has 1 aromatic rings. The first-order valence-corrected chi connectivity index (χ1v) is 7.23. The molecule has 0 aliphatic heterocycles. The summed E-state index contributed by atoms with van der Waals surface area (Å²) in [5.41, 5.74) is -2.92. The van der Waals surface area contributed by atoms with Crippen molar-refractivity contribution in [2.75, 3.05) is 7.11 Å². The van der Waals surface area contributed by atoms with Gasteiger partial charge in [0.2, 0.25) is 0 Å². The highest BCUT2D eigenvalue weighted by Crippen LogP contribution is 2.47. The lowest BCUT2D eigenvalue weighted by atomic mass is 10.3. The molecule has 3 nitrogen and oxygen atoms in total. The number of benzene rings is 1. The van der Waals surface area contributed by atoms with E-state index in [-0.39, 0.29) is 0 Å². The maximum Gasteiger partial charge on any atom is 0.291 e. The average Bonchev–Trinajstić information content (AvgIpc) is 2.03. The molecule has 1 unspecified atom stereocenters. The van der Waals surface area contributed by atoms with Gasteiger partial charge in [-0.15, -0.1) is 0 Å². The van der Waals surface area contributed by atoms with Crippen LogP contribution in [0.25, 0.3) is 0 Å². The third-order valence-corrected chi connectivity index (χ3v) is 2.20. The zero-order chi connectivity index (χ0) is 9.90. The van der Waals surface area contributed by atoms with E-state index in [4.69, 9.17) is 14.2 Å². The summed E-state index contributed by atoms with van der Waals surface area (Å²) in [6.07, 6.45) is 0. The molecule has 0 radical (unpaired) electrons.